The molecule has 0 heterocycles. The fraction of sp³-hybridized carbons (Fsp3) is 1.00. The van der Waals surface area contributed by atoms with Crippen molar-refractivity contribution in [2.24, 2.45) is 0 Å². The van der Waals surface area contributed by atoms with Crippen LogP contribution in [0, 0.1) is 0 Å². The summed E-state index contributed by atoms with van der Waals surface area (Å²) >= 11 is 0. The van der Waals surface area contributed by atoms with Gasteiger partial charge in [-0.1, -0.05) is 6.92 Å². The van der Waals surface area contributed by atoms with E-state index in [0.717, 1.165) is 19.6 Å². The molecule has 0 atom stereocenters. The summed E-state index contributed by atoms with van der Waals surface area (Å²) < 4.78 is 15.6. The summed E-state index contributed by atoms with van der Waals surface area (Å²) in [7, 11) is 1.67. The fourth-order valence-corrected chi connectivity index (χ4v) is 1.05. The summed E-state index contributed by atoms with van der Waals surface area (Å²) in [4.78, 5) is 0. The smallest absolute Gasteiger partial charge is 0.0701 e. The van der Waals surface area contributed by atoms with E-state index in [4.69, 9.17) is 14.2 Å². The Bertz CT molecular complexity index is 151. The van der Waals surface area contributed by atoms with Gasteiger partial charge in [0.1, 0.15) is 0 Å². The molecule has 0 radical (unpaired) electrons. The van der Waals surface area contributed by atoms with E-state index in [1.54, 1.807) is 7.11 Å². The zero-order chi connectivity index (χ0) is 12.3. The highest BCUT2D eigenvalue weighted by Gasteiger charge is 2.12. The van der Waals surface area contributed by atoms with Crippen LogP contribution in [0.2, 0.25) is 0 Å². The van der Waals surface area contributed by atoms with E-state index in [2.05, 4.69) is 26.1 Å². The van der Waals surface area contributed by atoms with Gasteiger partial charge in [0, 0.05) is 19.2 Å². The molecule has 0 rings (SSSR count). The average molecular weight is 233 g/mol. The number of methoxy groups -OCH3 is 1. The molecule has 0 aliphatic carbocycles. The van der Waals surface area contributed by atoms with Gasteiger partial charge in [-0.2, -0.15) is 0 Å². The summed E-state index contributed by atoms with van der Waals surface area (Å²) in [6, 6.07) is 0. The normalized spacial score (nSPS) is 12.0. The Labute approximate surface area is 99.6 Å². The highest BCUT2D eigenvalue weighted by molar-refractivity contribution is 4.74. The summed E-state index contributed by atoms with van der Waals surface area (Å²) in [6.45, 7) is 10.8. The van der Waals surface area contributed by atoms with Crippen LogP contribution >= 0.6 is 0 Å². The minimum absolute atomic E-state index is 0.207. The molecule has 0 spiro atoms. The van der Waals surface area contributed by atoms with E-state index in [9.17, 15) is 0 Å². The third-order valence-electron chi connectivity index (χ3n) is 2.54. The van der Waals surface area contributed by atoms with Crippen LogP contribution < -0.4 is 5.32 Å². The first kappa shape index (κ1) is 15.8. The molecular weight excluding hydrogens is 206 g/mol. The maximum absolute atomic E-state index is 5.43. The molecular formula is C12H27NO3. The Morgan fingerprint density at radius 2 is 1.50 bits per heavy atom. The van der Waals surface area contributed by atoms with Crippen molar-refractivity contribution in [2.75, 3.05) is 46.7 Å². The average Bonchev–Trinajstić information content (AvgIpc) is 2.27. The number of nitrogens with one attached hydrogen (secondary N) is 1. The lowest BCUT2D eigenvalue weighted by atomic mass is 10.0. The van der Waals surface area contributed by atoms with Crippen molar-refractivity contribution in [3.8, 4) is 0 Å². The monoisotopic (exact) mass is 233 g/mol. The quantitative estimate of drug-likeness (QED) is 0.548. The van der Waals surface area contributed by atoms with Crippen LogP contribution in [-0.2, 0) is 14.2 Å². The first-order chi connectivity index (χ1) is 7.62. The summed E-state index contributed by atoms with van der Waals surface area (Å²) in [5.74, 6) is 0. The van der Waals surface area contributed by atoms with E-state index < -0.39 is 0 Å². The number of hydrogen-bond donors (Lipinski definition) is 1. The molecule has 98 valence electrons. The van der Waals surface area contributed by atoms with Crippen molar-refractivity contribution < 1.29 is 14.2 Å². The van der Waals surface area contributed by atoms with Gasteiger partial charge in [-0.25, -0.2) is 0 Å². The third kappa shape index (κ3) is 10.4. The van der Waals surface area contributed by atoms with Crippen LogP contribution in [0.15, 0.2) is 0 Å². The number of ether oxygens (including phenoxy) is 3. The number of rotatable bonds is 11. The van der Waals surface area contributed by atoms with Gasteiger partial charge in [0.05, 0.1) is 33.0 Å². The minimum Gasteiger partial charge on any atom is -0.382 e. The van der Waals surface area contributed by atoms with E-state index in [1.807, 2.05) is 0 Å². The van der Waals surface area contributed by atoms with Gasteiger partial charge in [-0.15, -0.1) is 0 Å². The second-order valence-electron chi connectivity index (χ2n) is 4.38. The molecule has 1 N–H and O–H groups in total. The molecule has 0 unspecified atom stereocenters. The maximum Gasteiger partial charge on any atom is 0.0701 e. The van der Waals surface area contributed by atoms with Crippen molar-refractivity contribution in [3.05, 3.63) is 0 Å². The van der Waals surface area contributed by atoms with E-state index in [1.165, 1.54) is 0 Å². The van der Waals surface area contributed by atoms with Gasteiger partial charge >= 0.3 is 0 Å². The van der Waals surface area contributed by atoms with E-state index in [-0.39, 0.29) is 5.54 Å². The Morgan fingerprint density at radius 1 is 0.938 bits per heavy atom. The summed E-state index contributed by atoms with van der Waals surface area (Å²) in [5, 5.41) is 3.43. The zero-order valence-electron chi connectivity index (χ0n) is 11.2. The summed E-state index contributed by atoms with van der Waals surface area (Å²) in [5.41, 5.74) is 0.207. The van der Waals surface area contributed by atoms with Gasteiger partial charge in [-0.05, 0) is 20.3 Å². The Kier molecular flexibility index (Phi) is 9.92. The van der Waals surface area contributed by atoms with Gasteiger partial charge in [0.25, 0.3) is 0 Å². The first-order valence-corrected chi connectivity index (χ1v) is 6.02. The molecule has 0 fully saturated rings. The lowest BCUT2D eigenvalue weighted by molar-refractivity contribution is 0.0246. The third-order valence-corrected chi connectivity index (χ3v) is 2.54. The van der Waals surface area contributed by atoms with E-state index >= 15 is 0 Å². The Morgan fingerprint density at radius 3 is 2.06 bits per heavy atom. The largest absolute Gasteiger partial charge is 0.382 e. The minimum atomic E-state index is 0.207. The molecule has 0 bridgehead atoms. The predicted octanol–water partition coefficient (Wildman–Crippen LogP) is 1.44. The second-order valence-corrected chi connectivity index (χ2v) is 4.38. The van der Waals surface area contributed by atoms with Crippen molar-refractivity contribution >= 4 is 0 Å². The predicted molar refractivity (Wildman–Crippen MR) is 65.9 cm³/mol. The van der Waals surface area contributed by atoms with Crippen molar-refractivity contribution in [1.29, 1.82) is 0 Å². The van der Waals surface area contributed by atoms with Crippen molar-refractivity contribution in [3.63, 3.8) is 0 Å². The topological polar surface area (TPSA) is 39.7 Å². The maximum atomic E-state index is 5.43. The molecule has 0 amide bonds. The lowest BCUT2D eigenvalue weighted by Crippen LogP contribution is -2.40. The molecule has 0 aromatic rings. The van der Waals surface area contributed by atoms with Gasteiger partial charge in [0.2, 0.25) is 0 Å². The molecule has 0 aromatic carbocycles. The lowest BCUT2D eigenvalue weighted by Gasteiger charge is -2.24. The van der Waals surface area contributed by atoms with Crippen molar-refractivity contribution in [2.45, 2.75) is 32.7 Å². The zero-order valence-corrected chi connectivity index (χ0v) is 11.2. The van der Waals surface area contributed by atoms with Gasteiger partial charge in [0.15, 0.2) is 0 Å². The fourth-order valence-electron chi connectivity index (χ4n) is 1.05. The molecule has 0 aliphatic rings. The van der Waals surface area contributed by atoms with Crippen LogP contribution in [0.1, 0.15) is 27.2 Å². The van der Waals surface area contributed by atoms with Crippen molar-refractivity contribution in [1.82, 2.24) is 5.32 Å². The van der Waals surface area contributed by atoms with Crippen LogP contribution in [-0.4, -0.2) is 52.2 Å². The highest BCUT2D eigenvalue weighted by atomic mass is 16.5. The van der Waals surface area contributed by atoms with Gasteiger partial charge in [-0.3, -0.25) is 0 Å². The van der Waals surface area contributed by atoms with Crippen LogP contribution in [0.3, 0.4) is 0 Å². The molecule has 4 heteroatoms. The molecule has 16 heavy (non-hydrogen) atoms. The molecule has 0 aromatic heterocycles. The molecule has 0 saturated heterocycles. The second kappa shape index (κ2) is 10.0. The van der Waals surface area contributed by atoms with Gasteiger partial charge < -0.3 is 19.5 Å². The number of hydrogen-bond acceptors (Lipinski definition) is 4. The van der Waals surface area contributed by atoms with Crippen LogP contribution in [0.5, 0.6) is 0 Å². The van der Waals surface area contributed by atoms with E-state index in [0.29, 0.717) is 26.4 Å². The van der Waals surface area contributed by atoms with Crippen LogP contribution in [0.4, 0.5) is 0 Å². The Balaban J connectivity index is 3.10. The summed E-state index contributed by atoms with van der Waals surface area (Å²) in [6.07, 6.45) is 1.12. The molecule has 0 saturated carbocycles. The first-order valence-electron chi connectivity index (χ1n) is 6.02. The SMILES string of the molecule is CCC(C)(C)NCCOCCOCCOC. The molecule has 0 aliphatic heterocycles. The standard InChI is InChI=1S/C12H27NO3/c1-5-12(2,3)13-6-7-15-10-11-16-9-8-14-4/h13H,5-11H2,1-4H3. The van der Waals surface area contributed by atoms with Crippen LogP contribution in [0.25, 0.3) is 0 Å². The highest BCUT2D eigenvalue weighted by Crippen LogP contribution is 2.05. The Hall–Kier alpha value is -0.160. The molecule has 4 nitrogen and oxygen atoms in total.